The highest BCUT2D eigenvalue weighted by Gasteiger charge is 2.19. The van der Waals surface area contributed by atoms with Crippen LogP contribution in [0, 0.1) is 0 Å². The summed E-state index contributed by atoms with van der Waals surface area (Å²) in [5, 5.41) is 0. The van der Waals surface area contributed by atoms with Crippen LogP contribution < -0.4 is 16.2 Å². The Morgan fingerprint density at radius 2 is 2.10 bits per heavy atom. The van der Waals surface area contributed by atoms with Gasteiger partial charge in [0.25, 0.3) is 5.91 Å². The van der Waals surface area contributed by atoms with Crippen LogP contribution in [0.2, 0.25) is 0 Å². The van der Waals surface area contributed by atoms with Crippen molar-refractivity contribution in [3.8, 4) is 0 Å². The Labute approximate surface area is 132 Å². The zero-order valence-corrected chi connectivity index (χ0v) is 13.1. The van der Waals surface area contributed by atoms with Crippen LogP contribution in [0.4, 0.5) is 5.69 Å². The number of carbonyl (C=O) groups excluding carboxylic acids is 1. The summed E-state index contributed by atoms with van der Waals surface area (Å²) in [6, 6.07) is 14.1. The van der Waals surface area contributed by atoms with E-state index in [9.17, 15) is 4.79 Å². The molecule has 0 bridgehead atoms. The highest BCUT2D eigenvalue weighted by atomic mass is 79.9. The molecular weight excluding hydrogens is 330 g/mol. The van der Waals surface area contributed by atoms with Gasteiger partial charge in [-0.1, -0.05) is 40.2 Å². The van der Waals surface area contributed by atoms with E-state index in [0.717, 1.165) is 29.5 Å². The lowest BCUT2D eigenvalue weighted by molar-refractivity contribution is 0.0953. The van der Waals surface area contributed by atoms with Gasteiger partial charge in [0.2, 0.25) is 0 Å². The summed E-state index contributed by atoms with van der Waals surface area (Å²) in [5.74, 6) is 4.87. The van der Waals surface area contributed by atoms with Crippen molar-refractivity contribution >= 4 is 27.5 Å². The highest BCUT2D eigenvalue weighted by Crippen LogP contribution is 2.30. The van der Waals surface area contributed by atoms with Crippen molar-refractivity contribution in [2.75, 3.05) is 11.4 Å². The Morgan fingerprint density at radius 3 is 2.86 bits per heavy atom. The average molecular weight is 346 g/mol. The van der Waals surface area contributed by atoms with E-state index in [0.29, 0.717) is 5.56 Å². The summed E-state index contributed by atoms with van der Waals surface area (Å²) in [5.41, 5.74) is 6.54. The molecule has 5 heteroatoms. The van der Waals surface area contributed by atoms with Crippen molar-refractivity contribution in [1.29, 1.82) is 0 Å². The summed E-state index contributed by atoms with van der Waals surface area (Å²) in [6.07, 6.45) is 1.08. The van der Waals surface area contributed by atoms with E-state index in [1.54, 1.807) is 12.1 Å². The van der Waals surface area contributed by atoms with E-state index in [-0.39, 0.29) is 5.91 Å². The molecular formula is C16H16BrN3O. The quantitative estimate of drug-likeness (QED) is 0.510. The van der Waals surface area contributed by atoms with Gasteiger partial charge in [-0.3, -0.25) is 10.2 Å². The molecule has 3 N–H and O–H groups in total. The average Bonchev–Trinajstić information content (AvgIpc) is 2.92. The minimum atomic E-state index is -0.284. The number of halogens is 1. The zero-order valence-electron chi connectivity index (χ0n) is 11.5. The fraction of sp³-hybridized carbons (Fsp3) is 0.188. The number of para-hydroxylation sites is 1. The predicted octanol–water partition coefficient (Wildman–Crippen LogP) is 2.62. The van der Waals surface area contributed by atoms with Crippen LogP contribution in [0.15, 0.2) is 46.9 Å². The molecule has 0 unspecified atom stereocenters. The fourth-order valence-electron chi connectivity index (χ4n) is 2.68. The third-order valence-electron chi connectivity index (χ3n) is 3.79. The van der Waals surface area contributed by atoms with Gasteiger partial charge >= 0.3 is 0 Å². The van der Waals surface area contributed by atoms with Crippen LogP contribution in [-0.2, 0) is 13.0 Å². The highest BCUT2D eigenvalue weighted by molar-refractivity contribution is 9.10. The number of nitrogens with two attached hydrogens (primary N) is 1. The number of fused-ring (bicyclic) bond motifs is 1. The van der Waals surface area contributed by atoms with Crippen LogP contribution in [-0.4, -0.2) is 12.5 Å². The molecule has 0 fully saturated rings. The SMILES string of the molecule is NNC(=O)c1ccc(CN2CCc3ccccc32)c(Br)c1. The molecule has 1 aliphatic rings. The number of nitrogen functional groups attached to an aromatic ring is 1. The first kappa shape index (κ1) is 14.1. The molecule has 4 nitrogen and oxygen atoms in total. The number of hydrogen-bond acceptors (Lipinski definition) is 3. The van der Waals surface area contributed by atoms with Crippen molar-refractivity contribution in [3.05, 3.63) is 63.6 Å². The molecule has 2 aromatic rings. The van der Waals surface area contributed by atoms with Crippen LogP contribution in [0.3, 0.4) is 0 Å². The van der Waals surface area contributed by atoms with Crippen LogP contribution in [0.25, 0.3) is 0 Å². The smallest absolute Gasteiger partial charge is 0.265 e. The Morgan fingerprint density at radius 1 is 1.29 bits per heavy atom. The summed E-state index contributed by atoms with van der Waals surface area (Å²) < 4.78 is 0.924. The second kappa shape index (κ2) is 5.87. The van der Waals surface area contributed by atoms with Gasteiger partial charge in [0, 0.05) is 28.8 Å². The second-order valence-corrected chi connectivity index (χ2v) is 5.93. The van der Waals surface area contributed by atoms with E-state index in [2.05, 4.69) is 50.5 Å². The summed E-state index contributed by atoms with van der Waals surface area (Å²) in [7, 11) is 0. The van der Waals surface area contributed by atoms with E-state index in [1.807, 2.05) is 6.07 Å². The summed E-state index contributed by atoms with van der Waals surface area (Å²) >= 11 is 3.54. The Bertz CT molecular complexity index is 687. The molecule has 2 aromatic carbocycles. The molecule has 1 heterocycles. The number of rotatable bonds is 3. The number of nitrogens with zero attached hydrogens (tertiary/aromatic N) is 1. The monoisotopic (exact) mass is 345 g/mol. The maximum Gasteiger partial charge on any atom is 0.265 e. The molecule has 0 radical (unpaired) electrons. The van der Waals surface area contributed by atoms with Gasteiger partial charge in [-0.15, -0.1) is 0 Å². The maximum atomic E-state index is 11.5. The number of anilines is 1. The molecule has 3 rings (SSSR count). The molecule has 0 spiro atoms. The second-order valence-electron chi connectivity index (χ2n) is 5.08. The zero-order chi connectivity index (χ0) is 14.8. The third-order valence-corrected chi connectivity index (χ3v) is 4.53. The molecule has 0 atom stereocenters. The molecule has 21 heavy (non-hydrogen) atoms. The lowest BCUT2D eigenvalue weighted by Crippen LogP contribution is -2.30. The number of nitrogens with one attached hydrogen (secondary N) is 1. The standard InChI is InChI=1S/C16H16BrN3O/c17-14-9-12(16(21)19-18)5-6-13(14)10-20-8-7-11-3-1-2-4-15(11)20/h1-6,9H,7-8,10,18H2,(H,19,21). The first-order chi connectivity index (χ1) is 10.2. The third kappa shape index (κ3) is 2.80. The van der Waals surface area contributed by atoms with Crippen LogP contribution in [0.5, 0.6) is 0 Å². The molecule has 1 aliphatic heterocycles. The Balaban J connectivity index is 1.82. The number of carbonyl (C=O) groups is 1. The topological polar surface area (TPSA) is 58.4 Å². The lowest BCUT2D eigenvalue weighted by Gasteiger charge is -2.20. The van der Waals surface area contributed by atoms with E-state index in [4.69, 9.17) is 5.84 Å². The normalized spacial score (nSPS) is 13.1. The fourth-order valence-corrected chi connectivity index (χ4v) is 3.18. The minimum Gasteiger partial charge on any atom is -0.367 e. The lowest BCUT2D eigenvalue weighted by atomic mass is 10.1. The molecule has 0 saturated carbocycles. The maximum absolute atomic E-state index is 11.5. The first-order valence-electron chi connectivity index (χ1n) is 6.81. The van der Waals surface area contributed by atoms with Crippen molar-refractivity contribution in [3.63, 3.8) is 0 Å². The predicted molar refractivity (Wildman–Crippen MR) is 87.0 cm³/mol. The molecule has 108 valence electrons. The first-order valence-corrected chi connectivity index (χ1v) is 7.60. The number of hydrogen-bond donors (Lipinski definition) is 2. The van der Waals surface area contributed by atoms with Gasteiger partial charge in [-0.2, -0.15) is 0 Å². The van der Waals surface area contributed by atoms with E-state index in [1.165, 1.54) is 11.3 Å². The number of hydrazine groups is 1. The minimum absolute atomic E-state index is 0.284. The van der Waals surface area contributed by atoms with Crippen molar-refractivity contribution in [2.45, 2.75) is 13.0 Å². The molecule has 0 aliphatic carbocycles. The van der Waals surface area contributed by atoms with Gasteiger partial charge in [0.1, 0.15) is 0 Å². The molecule has 0 saturated heterocycles. The van der Waals surface area contributed by atoms with Crippen molar-refractivity contribution in [2.24, 2.45) is 5.84 Å². The van der Waals surface area contributed by atoms with Gasteiger partial charge in [0.05, 0.1) is 0 Å². The van der Waals surface area contributed by atoms with Gasteiger partial charge in [-0.25, -0.2) is 5.84 Å². The van der Waals surface area contributed by atoms with E-state index < -0.39 is 0 Å². The van der Waals surface area contributed by atoms with Gasteiger partial charge < -0.3 is 4.90 Å². The number of amides is 1. The van der Waals surface area contributed by atoms with Crippen molar-refractivity contribution in [1.82, 2.24) is 5.43 Å². The summed E-state index contributed by atoms with van der Waals surface area (Å²) in [4.78, 5) is 13.9. The molecule has 0 aromatic heterocycles. The van der Waals surface area contributed by atoms with Crippen molar-refractivity contribution < 1.29 is 4.79 Å². The van der Waals surface area contributed by atoms with E-state index >= 15 is 0 Å². The molecule has 1 amide bonds. The summed E-state index contributed by atoms with van der Waals surface area (Å²) in [6.45, 7) is 1.85. The Kier molecular flexibility index (Phi) is 3.94. The Hall–Kier alpha value is -1.85. The largest absolute Gasteiger partial charge is 0.367 e. The van der Waals surface area contributed by atoms with Crippen LogP contribution >= 0.6 is 15.9 Å². The van der Waals surface area contributed by atoms with Gasteiger partial charge in [0.15, 0.2) is 0 Å². The van der Waals surface area contributed by atoms with Gasteiger partial charge in [-0.05, 0) is 35.7 Å². The van der Waals surface area contributed by atoms with Crippen LogP contribution in [0.1, 0.15) is 21.5 Å². The number of benzene rings is 2.